The molecule has 0 bridgehead atoms. The maximum Gasteiger partial charge on any atom is 0.227 e. The number of carbonyl (C=O) groups is 2. The molecular weight excluding hydrogens is 316 g/mol. The molecule has 1 heterocycles. The van der Waals surface area contributed by atoms with E-state index in [0.717, 1.165) is 12.1 Å². The third-order valence-electron chi connectivity index (χ3n) is 4.42. The van der Waals surface area contributed by atoms with Crippen molar-refractivity contribution in [3.63, 3.8) is 0 Å². The summed E-state index contributed by atoms with van der Waals surface area (Å²) in [4.78, 5) is 26.3. The predicted octanol–water partition coefficient (Wildman–Crippen LogP) is 2.41. The first-order chi connectivity index (χ1) is 12.2. The molecule has 1 fully saturated rings. The Kier molecular flexibility index (Phi) is 5.33. The van der Waals surface area contributed by atoms with Crippen LogP contribution in [-0.4, -0.2) is 32.0 Å². The quantitative estimate of drug-likeness (QED) is 0.880. The Morgan fingerprint density at radius 3 is 2.76 bits per heavy atom. The topological polar surface area (TPSA) is 58.6 Å². The van der Waals surface area contributed by atoms with Crippen LogP contribution in [0.15, 0.2) is 54.6 Å². The lowest BCUT2D eigenvalue weighted by Crippen LogP contribution is -2.34. The van der Waals surface area contributed by atoms with Crippen molar-refractivity contribution in [1.82, 2.24) is 5.32 Å². The molecule has 1 unspecified atom stereocenters. The van der Waals surface area contributed by atoms with Gasteiger partial charge in [-0.2, -0.15) is 0 Å². The van der Waals surface area contributed by atoms with Crippen molar-refractivity contribution in [3.8, 4) is 5.75 Å². The Morgan fingerprint density at radius 1 is 1.20 bits per heavy atom. The summed E-state index contributed by atoms with van der Waals surface area (Å²) < 4.78 is 5.20. The van der Waals surface area contributed by atoms with Crippen molar-refractivity contribution >= 4 is 17.5 Å². The highest BCUT2D eigenvalue weighted by Crippen LogP contribution is 2.27. The first-order valence-corrected chi connectivity index (χ1v) is 8.43. The van der Waals surface area contributed by atoms with E-state index in [4.69, 9.17) is 4.74 Å². The van der Waals surface area contributed by atoms with Crippen LogP contribution in [0.5, 0.6) is 5.75 Å². The SMILES string of the molecule is COc1cccc(N2CC(C(=O)NCCc3ccccc3)CC2=O)c1. The maximum absolute atomic E-state index is 12.4. The normalized spacial score (nSPS) is 16.8. The second-order valence-electron chi connectivity index (χ2n) is 6.13. The fourth-order valence-corrected chi connectivity index (χ4v) is 3.03. The molecule has 2 aromatic rings. The van der Waals surface area contributed by atoms with Crippen LogP contribution in [0, 0.1) is 5.92 Å². The molecule has 130 valence electrons. The van der Waals surface area contributed by atoms with Gasteiger partial charge in [-0.25, -0.2) is 0 Å². The Labute approximate surface area is 147 Å². The molecule has 5 nitrogen and oxygen atoms in total. The molecule has 0 spiro atoms. The van der Waals surface area contributed by atoms with Gasteiger partial charge in [0.05, 0.1) is 13.0 Å². The smallest absolute Gasteiger partial charge is 0.227 e. The molecule has 0 aliphatic carbocycles. The third-order valence-corrected chi connectivity index (χ3v) is 4.42. The van der Waals surface area contributed by atoms with Gasteiger partial charge >= 0.3 is 0 Å². The van der Waals surface area contributed by atoms with Crippen molar-refractivity contribution in [2.75, 3.05) is 25.1 Å². The number of ether oxygens (including phenoxy) is 1. The van der Waals surface area contributed by atoms with E-state index in [1.807, 2.05) is 54.6 Å². The highest BCUT2D eigenvalue weighted by Gasteiger charge is 2.35. The summed E-state index contributed by atoms with van der Waals surface area (Å²) in [5.74, 6) is 0.293. The second kappa shape index (κ2) is 7.83. The summed E-state index contributed by atoms with van der Waals surface area (Å²) in [6.45, 7) is 0.982. The van der Waals surface area contributed by atoms with E-state index in [0.29, 0.717) is 18.8 Å². The summed E-state index contributed by atoms with van der Waals surface area (Å²) in [6, 6.07) is 17.4. The fourth-order valence-electron chi connectivity index (χ4n) is 3.03. The van der Waals surface area contributed by atoms with Gasteiger partial charge in [-0.05, 0) is 24.1 Å². The zero-order chi connectivity index (χ0) is 17.6. The van der Waals surface area contributed by atoms with E-state index < -0.39 is 0 Å². The third kappa shape index (κ3) is 4.18. The largest absolute Gasteiger partial charge is 0.497 e. The number of amides is 2. The Balaban J connectivity index is 1.55. The molecule has 0 saturated carbocycles. The minimum Gasteiger partial charge on any atom is -0.497 e. The number of hydrogen-bond acceptors (Lipinski definition) is 3. The van der Waals surface area contributed by atoms with E-state index in [1.54, 1.807) is 12.0 Å². The van der Waals surface area contributed by atoms with E-state index in [1.165, 1.54) is 5.56 Å². The summed E-state index contributed by atoms with van der Waals surface area (Å²) in [7, 11) is 1.59. The van der Waals surface area contributed by atoms with Crippen molar-refractivity contribution in [2.45, 2.75) is 12.8 Å². The molecule has 25 heavy (non-hydrogen) atoms. The molecule has 1 aliphatic rings. The van der Waals surface area contributed by atoms with Crippen molar-refractivity contribution in [1.29, 1.82) is 0 Å². The first kappa shape index (κ1) is 17.0. The Morgan fingerprint density at radius 2 is 2.00 bits per heavy atom. The first-order valence-electron chi connectivity index (χ1n) is 8.43. The van der Waals surface area contributed by atoms with Gasteiger partial charge in [-0.1, -0.05) is 36.4 Å². The molecule has 1 aliphatic heterocycles. The Bertz CT molecular complexity index is 746. The van der Waals surface area contributed by atoms with E-state index in [2.05, 4.69) is 5.32 Å². The number of nitrogens with zero attached hydrogens (tertiary/aromatic N) is 1. The van der Waals surface area contributed by atoms with E-state index in [9.17, 15) is 9.59 Å². The second-order valence-corrected chi connectivity index (χ2v) is 6.13. The number of rotatable bonds is 6. The number of hydrogen-bond donors (Lipinski definition) is 1. The average molecular weight is 338 g/mol. The van der Waals surface area contributed by atoms with Crippen LogP contribution in [0.2, 0.25) is 0 Å². The molecule has 3 rings (SSSR count). The lowest BCUT2D eigenvalue weighted by atomic mass is 10.1. The molecule has 0 radical (unpaired) electrons. The summed E-state index contributed by atoms with van der Waals surface area (Å²) in [6.07, 6.45) is 1.03. The number of benzene rings is 2. The zero-order valence-corrected chi connectivity index (χ0v) is 14.3. The minimum atomic E-state index is -0.311. The molecule has 5 heteroatoms. The van der Waals surface area contributed by atoms with Crippen LogP contribution < -0.4 is 15.0 Å². The van der Waals surface area contributed by atoms with Crippen LogP contribution in [0.3, 0.4) is 0 Å². The van der Waals surface area contributed by atoms with Gasteiger partial charge in [0.25, 0.3) is 0 Å². The van der Waals surface area contributed by atoms with E-state index >= 15 is 0 Å². The van der Waals surface area contributed by atoms with Crippen molar-refractivity contribution in [3.05, 3.63) is 60.2 Å². The lowest BCUT2D eigenvalue weighted by Gasteiger charge is -2.17. The maximum atomic E-state index is 12.4. The molecule has 1 N–H and O–H groups in total. The van der Waals surface area contributed by atoms with Crippen LogP contribution >= 0.6 is 0 Å². The number of methoxy groups -OCH3 is 1. The lowest BCUT2D eigenvalue weighted by molar-refractivity contribution is -0.126. The molecule has 0 aromatic heterocycles. The van der Waals surface area contributed by atoms with Gasteiger partial charge in [0, 0.05) is 31.3 Å². The van der Waals surface area contributed by atoms with Gasteiger partial charge in [-0.15, -0.1) is 0 Å². The van der Waals surface area contributed by atoms with Gasteiger partial charge in [0.1, 0.15) is 5.75 Å². The Hall–Kier alpha value is -2.82. The molecular formula is C20H22N2O3. The molecule has 1 saturated heterocycles. The predicted molar refractivity (Wildman–Crippen MR) is 96.6 cm³/mol. The van der Waals surface area contributed by atoms with Crippen molar-refractivity contribution in [2.24, 2.45) is 5.92 Å². The van der Waals surface area contributed by atoms with Crippen LogP contribution in [0.1, 0.15) is 12.0 Å². The molecule has 2 aromatic carbocycles. The number of anilines is 1. The summed E-state index contributed by atoms with van der Waals surface area (Å²) in [5.41, 5.74) is 1.95. The monoisotopic (exact) mass is 338 g/mol. The molecule has 2 amide bonds. The molecule has 1 atom stereocenters. The minimum absolute atomic E-state index is 0.0311. The van der Waals surface area contributed by atoms with Crippen LogP contribution in [-0.2, 0) is 16.0 Å². The van der Waals surface area contributed by atoms with Gasteiger partial charge in [0.2, 0.25) is 11.8 Å². The van der Waals surface area contributed by atoms with Gasteiger partial charge < -0.3 is 15.0 Å². The number of nitrogens with one attached hydrogen (secondary N) is 1. The van der Waals surface area contributed by atoms with E-state index in [-0.39, 0.29) is 24.2 Å². The summed E-state index contributed by atoms with van der Waals surface area (Å²) >= 11 is 0. The van der Waals surface area contributed by atoms with Crippen molar-refractivity contribution < 1.29 is 14.3 Å². The number of carbonyl (C=O) groups excluding carboxylic acids is 2. The van der Waals surface area contributed by atoms with Gasteiger partial charge in [0.15, 0.2) is 0 Å². The van der Waals surface area contributed by atoms with Crippen LogP contribution in [0.25, 0.3) is 0 Å². The zero-order valence-electron chi connectivity index (χ0n) is 14.3. The standard InChI is InChI=1S/C20H22N2O3/c1-25-18-9-5-8-17(13-18)22-14-16(12-19(22)23)20(24)21-11-10-15-6-3-2-4-7-15/h2-9,13,16H,10-12,14H2,1H3,(H,21,24). The average Bonchev–Trinajstić information content (AvgIpc) is 3.04. The highest BCUT2D eigenvalue weighted by molar-refractivity contribution is 6.00. The highest BCUT2D eigenvalue weighted by atomic mass is 16.5. The van der Waals surface area contributed by atoms with Crippen LogP contribution in [0.4, 0.5) is 5.69 Å². The van der Waals surface area contributed by atoms with Gasteiger partial charge in [-0.3, -0.25) is 9.59 Å². The summed E-state index contributed by atoms with van der Waals surface area (Å²) in [5, 5.41) is 2.95. The fraction of sp³-hybridized carbons (Fsp3) is 0.300.